The summed E-state index contributed by atoms with van der Waals surface area (Å²) < 4.78 is 1.78. The minimum atomic E-state index is 0.0791. The first-order valence-electron chi connectivity index (χ1n) is 10.7. The van der Waals surface area contributed by atoms with E-state index in [2.05, 4.69) is 46.4 Å². The lowest BCUT2D eigenvalue weighted by Gasteiger charge is -2.26. The zero-order valence-electron chi connectivity index (χ0n) is 17.4. The van der Waals surface area contributed by atoms with E-state index in [-0.39, 0.29) is 11.9 Å². The van der Waals surface area contributed by atoms with Crippen LogP contribution in [-0.4, -0.2) is 49.5 Å². The Morgan fingerprint density at radius 1 is 1.17 bits per heavy atom. The van der Waals surface area contributed by atoms with Crippen LogP contribution in [0.25, 0.3) is 11.1 Å². The fraction of sp³-hybridized carbons (Fsp3) is 0.391. The Morgan fingerprint density at radius 2 is 2.00 bits per heavy atom. The van der Waals surface area contributed by atoms with Gasteiger partial charge in [0.25, 0.3) is 5.91 Å². The van der Waals surface area contributed by atoms with Crippen molar-refractivity contribution in [1.29, 1.82) is 0 Å². The summed E-state index contributed by atoms with van der Waals surface area (Å²) in [5.74, 6) is 0.745. The lowest BCUT2D eigenvalue weighted by molar-refractivity contribution is 0.0726. The van der Waals surface area contributed by atoms with Gasteiger partial charge in [0.15, 0.2) is 0 Å². The summed E-state index contributed by atoms with van der Waals surface area (Å²) in [7, 11) is 0. The molecule has 4 heterocycles. The summed E-state index contributed by atoms with van der Waals surface area (Å²) in [6, 6.07) is 4.39. The number of fused-ring (bicyclic) bond motifs is 2. The van der Waals surface area contributed by atoms with Gasteiger partial charge in [-0.15, -0.1) is 0 Å². The maximum absolute atomic E-state index is 13.1. The molecule has 7 heteroatoms. The normalized spacial score (nSPS) is 16.1. The Kier molecular flexibility index (Phi) is 4.73. The molecule has 1 fully saturated rings. The number of pyridine rings is 1. The van der Waals surface area contributed by atoms with Crippen LogP contribution < -0.4 is 5.32 Å². The van der Waals surface area contributed by atoms with Gasteiger partial charge in [0.1, 0.15) is 0 Å². The van der Waals surface area contributed by atoms with Crippen molar-refractivity contribution in [3.8, 4) is 0 Å². The molecule has 30 heavy (non-hydrogen) atoms. The van der Waals surface area contributed by atoms with E-state index in [9.17, 15) is 4.79 Å². The van der Waals surface area contributed by atoms with E-state index in [0.717, 1.165) is 60.3 Å². The molecule has 0 atom stereocenters. The first-order valence-corrected chi connectivity index (χ1v) is 10.7. The van der Waals surface area contributed by atoms with Gasteiger partial charge in [-0.05, 0) is 56.4 Å². The Labute approximate surface area is 175 Å². The molecule has 1 N–H and O–H groups in total. The van der Waals surface area contributed by atoms with Gasteiger partial charge in [-0.1, -0.05) is 6.08 Å². The number of nitrogens with one attached hydrogen (secondary N) is 1. The van der Waals surface area contributed by atoms with Crippen molar-refractivity contribution in [1.82, 2.24) is 24.5 Å². The van der Waals surface area contributed by atoms with Crippen molar-refractivity contribution in [3.05, 3.63) is 59.2 Å². The summed E-state index contributed by atoms with van der Waals surface area (Å²) in [4.78, 5) is 24.2. The number of amides is 1. The van der Waals surface area contributed by atoms with Crippen LogP contribution in [0.2, 0.25) is 0 Å². The number of hydrogen-bond acceptors (Lipinski definition) is 5. The average Bonchev–Trinajstić information content (AvgIpc) is 3.36. The predicted octanol–water partition coefficient (Wildman–Crippen LogP) is 3.56. The maximum Gasteiger partial charge on any atom is 0.257 e. The maximum atomic E-state index is 13.1. The highest BCUT2D eigenvalue weighted by atomic mass is 16.2. The molecule has 1 saturated heterocycles. The molecule has 0 spiro atoms. The molecule has 0 unspecified atom stereocenters. The highest BCUT2D eigenvalue weighted by molar-refractivity contribution is 6.01. The molecular formula is C23H26N6O. The van der Waals surface area contributed by atoms with E-state index >= 15 is 0 Å². The molecule has 0 bridgehead atoms. The van der Waals surface area contributed by atoms with E-state index in [1.54, 1.807) is 10.7 Å². The zero-order chi connectivity index (χ0) is 20.7. The summed E-state index contributed by atoms with van der Waals surface area (Å²) in [5.41, 5.74) is 5.77. The molecule has 0 radical (unpaired) electrons. The molecule has 1 aliphatic heterocycles. The quantitative estimate of drug-likeness (QED) is 0.722. The number of allylic oxidation sites excluding steroid dienone is 1. The van der Waals surface area contributed by atoms with Crippen molar-refractivity contribution in [2.75, 3.05) is 18.4 Å². The number of likely N-dealkylation sites (tertiary alicyclic amines) is 1. The molecule has 5 rings (SSSR count). The van der Waals surface area contributed by atoms with Crippen molar-refractivity contribution in [2.45, 2.75) is 45.6 Å². The third-order valence-corrected chi connectivity index (χ3v) is 5.78. The molecule has 3 aromatic rings. The van der Waals surface area contributed by atoms with Crippen LogP contribution in [0.4, 0.5) is 5.95 Å². The molecule has 0 saturated carbocycles. The Bertz CT molecular complexity index is 1140. The van der Waals surface area contributed by atoms with Gasteiger partial charge in [0, 0.05) is 43.5 Å². The van der Waals surface area contributed by atoms with Gasteiger partial charge >= 0.3 is 0 Å². The van der Waals surface area contributed by atoms with Crippen molar-refractivity contribution < 1.29 is 4.79 Å². The standard InChI is InChI=1S/C23H26N6O/c1-15(2)26-23-24-13-18-17(6-7-20(18)27-23)16-8-11-29-21(12-16)19(14-25-29)22(30)28-9-4-3-5-10-28/h6,8,11-15H,3-5,7,9-10H2,1-2H3,(H,24,26,27). The predicted molar refractivity (Wildman–Crippen MR) is 117 cm³/mol. The van der Waals surface area contributed by atoms with E-state index in [4.69, 9.17) is 0 Å². The number of piperidine rings is 1. The highest BCUT2D eigenvalue weighted by Crippen LogP contribution is 2.33. The summed E-state index contributed by atoms with van der Waals surface area (Å²) in [6.07, 6.45) is 11.8. The van der Waals surface area contributed by atoms with Crippen molar-refractivity contribution in [3.63, 3.8) is 0 Å². The largest absolute Gasteiger partial charge is 0.352 e. The number of nitrogens with zero attached hydrogens (tertiary/aromatic N) is 5. The van der Waals surface area contributed by atoms with Gasteiger partial charge in [-0.3, -0.25) is 4.79 Å². The number of carbonyl (C=O) groups is 1. The number of carbonyl (C=O) groups excluding carboxylic acids is 1. The Morgan fingerprint density at radius 3 is 2.80 bits per heavy atom. The second-order valence-corrected chi connectivity index (χ2v) is 8.33. The zero-order valence-corrected chi connectivity index (χ0v) is 17.4. The molecule has 0 aromatic carbocycles. The van der Waals surface area contributed by atoms with Crippen LogP contribution in [0.5, 0.6) is 0 Å². The molecule has 2 aliphatic rings. The van der Waals surface area contributed by atoms with Crippen LogP contribution in [0.3, 0.4) is 0 Å². The Balaban J connectivity index is 1.47. The number of anilines is 1. The fourth-order valence-corrected chi connectivity index (χ4v) is 4.29. The summed E-state index contributed by atoms with van der Waals surface area (Å²) >= 11 is 0. The van der Waals surface area contributed by atoms with E-state index in [1.165, 1.54) is 6.42 Å². The van der Waals surface area contributed by atoms with Crippen LogP contribution in [0, 0.1) is 0 Å². The molecule has 1 aliphatic carbocycles. The number of rotatable bonds is 4. The molecule has 7 nitrogen and oxygen atoms in total. The van der Waals surface area contributed by atoms with Crippen molar-refractivity contribution in [2.24, 2.45) is 0 Å². The number of aromatic nitrogens is 4. The minimum Gasteiger partial charge on any atom is -0.352 e. The smallest absolute Gasteiger partial charge is 0.257 e. The number of hydrogen-bond donors (Lipinski definition) is 1. The molecule has 154 valence electrons. The van der Waals surface area contributed by atoms with Crippen LogP contribution in [-0.2, 0) is 6.42 Å². The van der Waals surface area contributed by atoms with E-state index in [1.807, 2.05) is 23.4 Å². The second kappa shape index (κ2) is 7.55. The first-order chi connectivity index (χ1) is 14.6. The lowest BCUT2D eigenvalue weighted by Crippen LogP contribution is -2.35. The molecular weight excluding hydrogens is 376 g/mol. The second-order valence-electron chi connectivity index (χ2n) is 8.33. The monoisotopic (exact) mass is 402 g/mol. The van der Waals surface area contributed by atoms with Gasteiger partial charge in [-0.25, -0.2) is 14.5 Å². The topological polar surface area (TPSA) is 75.4 Å². The molecule has 1 amide bonds. The van der Waals surface area contributed by atoms with E-state index < -0.39 is 0 Å². The van der Waals surface area contributed by atoms with Gasteiger partial charge < -0.3 is 10.2 Å². The minimum absolute atomic E-state index is 0.0791. The highest BCUT2D eigenvalue weighted by Gasteiger charge is 2.23. The third-order valence-electron chi connectivity index (χ3n) is 5.78. The fourth-order valence-electron chi connectivity index (χ4n) is 4.29. The molecule has 3 aromatic heterocycles. The van der Waals surface area contributed by atoms with Gasteiger partial charge in [0.2, 0.25) is 5.95 Å². The van der Waals surface area contributed by atoms with E-state index in [0.29, 0.717) is 11.5 Å². The summed E-state index contributed by atoms with van der Waals surface area (Å²) in [6.45, 7) is 5.81. The van der Waals surface area contributed by atoms with Gasteiger partial charge in [0.05, 0.1) is 23.0 Å². The van der Waals surface area contributed by atoms with Gasteiger partial charge in [-0.2, -0.15) is 5.10 Å². The van der Waals surface area contributed by atoms with Crippen LogP contribution in [0.15, 0.2) is 36.8 Å². The average molecular weight is 403 g/mol. The first kappa shape index (κ1) is 18.8. The third kappa shape index (κ3) is 3.34. The van der Waals surface area contributed by atoms with Crippen molar-refractivity contribution >= 4 is 22.9 Å². The summed E-state index contributed by atoms with van der Waals surface area (Å²) in [5, 5.41) is 7.66. The SMILES string of the molecule is CC(C)Nc1ncc2c(n1)CC=C2c1ccn2ncc(C(=O)N3CCCCC3)c2c1. The Hall–Kier alpha value is -3.22. The van der Waals surface area contributed by atoms with Crippen LogP contribution >= 0.6 is 0 Å². The lowest BCUT2D eigenvalue weighted by atomic mass is 10.0. The van der Waals surface area contributed by atoms with Crippen LogP contribution in [0.1, 0.15) is 60.3 Å².